The van der Waals surface area contributed by atoms with Crippen molar-refractivity contribution in [3.05, 3.63) is 41.1 Å². The first-order valence-corrected chi connectivity index (χ1v) is 6.02. The predicted octanol–water partition coefficient (Wildman–Crippen LogP) is 0.736. The molecule has 0 bridgehead atoms. The molecule has 0 aliphatic carbocycles. The third-order valence-corrected chi connectivity index (χ3v) is 2.74. The number of rotatable bonds is 4. The molecule has 6 nitrogen and oxygen atoms in total. The number of amides is 1. The number of aromatic nitrogens is 2. The first-order chi connectivity index (χ1) is 9.10. The van der Waals surface area contributed by atoms with E-state index in [1.165, 1.54) is 12.5 Å². The van der Waals surface area contributed by atoms with E-state index < -0.39 is 0 Å². The monoisotopic (exact) mass is 261 g/mol. The fraction of sp³-hybridized carbons (Fsp3) is 0.308. The Balaban J connectivity index is 2.22. The molecular weight excluding hydrogens is 244 g/mol. The quantitative estimate of drug-likeness (QED) is 0.795. The van der Waals surface area contributed by atoms with Gasteiger partial charge in [0.05, 0.1) is 6.54 Å². The summed E-state index contributed by atoms with van der Waals surface area (Å²) >= 11 is 0. The molecule has 3 N–H and O–H groups in total. The first kappa shape index (κ1) is 13.2. The van der Waals surface area contributed by atoms with Crippen LogP contribution in [-0.2, 0) is 17.9 Å². The lowest BCUT2D eigenvalue weighted by Crippen LogP contribution is -2.41. The summed E-state index contributed by atoms with van der Waals surface area (Å²) in [6, 6.07) is 8.12. The molecule has 2 rings (SSSR count). The van der Waals surface area contributed by atoms with Crippen molar-refractivity contribution in [2.75, 3.05) is 5.32 Å². The smallest absolute Gasteiger partial charge is 0.306 e. The second-order valence-electron chi connectivity index (χ2n) is 4.38. The number of benzene rings is 1. The van der Waals surface area contributed by atoms with Crippen LogP contribution in [0.2, 0.25) is 0 Å². The number of hydrogen-bond donors (Lipinski definition) is 2. The summed E-state index contributed by atoms with van der Waals surface area (Å²) < 4.78 is 6.74. The standard InChI is InChI=1S/C13H16N4O2/c1-9-3-5-11(6-4-9)8-17-12(7-14)13(19-16-17)15-10(2)18/h3-6H,7-8,14H2,1-2H3/p+1. The summed E-state index contributed by atoms with van der Waals surface area (Å²) in [5, 5.41) is 6.48. The minimum absolute atomic E-state index is 0.215. The van der Waals surface area contributed by atoms with Crippen LogP contribution >= 0.6 is 0 Å². The van der Waals surface area contributed by atoms with E-state index in [1.807, 2.05) is 31.2 Å². The van der Waals surface area contributed by atoms with E-state index in [0.29, 0.717) is 18.1 Å². The Morgan fingerprint density at radius 1 is 1.42 bits per heavy atom. The minimum atomic E-state index is -0.215. The van der Waals surface area contributed by atoms with Gasteiger partial charge in [-0.15, -0.1) is 0 Å². The number of nitrogens with two attached hydrogens (primary N) is 1. The number of nitrogens with one attached hydrogen (secondary N) is 1. The van der Waals surface area contributed by atoms with Gasteiger partial charge < -0.3 is 5.73 Å². The molecule has 1 amide bonds. The van der Waals surface area contributed by atoms with Gasteiger partial charge in [-0.3, -0.25) is 14.6 Å². The van der Waals surface area contributed by atoms with Gasteiger partial charge in [0.25, 0.3) is 5.69 Å². The van der Waals surface area contributed by atoms with Gasteiger partial charge in [-0.25, -0.2) is 0 Å². The van der Waals surface area contributed by atoms with Crippen molar-refractivity contribution in [2.45, 2.75) is 26.9 Å². The Morgan fingerprint density at radius 2 is 2.11 bits per heavy atom. The Labute approximate surface area is 111 Å². The van der Waals surface area contributed by atoms with Crippen LogP contribution in [0, 0.1) is 6.92 Å². The summed E-state index contributed by atoms with van der Waals surface area (Å²) in [4.78, 5) is 11.0. The molecule has 0 radical (unpaired) electrons. The van der Waals surface area contributed by atoms with E-state index >= 15 is 0 Å². The van der Waals surface area contributed by atoms with E-state index in [4.69, 9.17) is 10.3 Å². The van der Waals surface area contributed by atoms with Gasteiger partial charge in [0.2, 0.25) is 17.7 Å². The lowest BCUT2D eigenvalue weighted by Gasteiger charge is -1.97. The Morgan fingerprint density at radius 3 is 2.68 bits per heavy atom. The van der Waals surface area contributed by atoms with E-state index in [1.54, 1.807) is 4.68 Å². The molecule has 0 aliphatic heterocycles. The third kappa shape index (κ3) is 3.17. The molecule has 0 saturated carbocycles. The van der Waals surface area contributed by atoms with E-state index in [9.17, 15) is 4.79 Å². The van der Waals surface area contributed by atoms with Crippen LogP contribution in [-0.4, -0.2) is 11.2 Å². The van der Waals surface area contributed by atoms with E-state index in [0.717, 1.165) is 5.56 Å². The second kappa shape index (κ2) is 5.62. The molecule has 0 atom stereocenters. The number of aryl methyl sites for hydroxylation is 1. The summed E-state index contributed by atoms with van der Waals surface area (Å²) in [6.07, 6.45) is 0. The normalized spacial score (nSPS) is 10.5. The zero-order chi connectivity index (χ0) is 13.8. The van der Waals surface area contributed by atoms with Crippen molar-refractivity contribution < 1.29 is 14.0 Å². The topological polar surface area (TPSA) is 85.0 Å². The molecule has 0 saturated heterocycles. The minimum Gasteiger partial charge on any atom is -0.321 e. The van der Waals surface area contributed by atoms with Gasteiger partial charge in [0, 0.05) is 12.5 Å². The lowest BCUT2D eigenvalue weighted by atomic mass is 10.1. The molecular formula is C13H17N4O2+. The number of carbonyl (C=O) groups is 1. The number of anilines is 1. The van der Waals surface area contributed by atoms with Crippen molar-refractivity contribution in [3.8, 4) is 0 Å². The van der Waals surface area contributed by atoms with Crippen molar-refractivity contribution in [3.63, 3.8) is 0 Å². The van der Waals surface area contributed by atoms with Gasteiger partial charge >= 0.3 is 5.88 Å². The van der Waals surface area contributed by atoms with Crippen LogP contribution in [0.1, 0.15) is 23.7 Å². The zero-order valence-corrected chi connectivity index (χ0v) is 11.0. The molecule has 0 spiro atoms. The highest BCUT2D eigenvalue weighted by molar-refractivity contribution is 5.87. The summed E-state index contributed by atoms with van der Waals surface area (Å²) in [6.45, 7) is 4.24. The molecule has 1 aromatic carbocycles. The lowest BCUT2D eigenvalue weighted by molar-refractivity contribution is -0.760. The molecule has 1 aromatic heterocycles. The van der Waals surface area contributed by atoms with Crippen LogP contribution in [0.25, 0.3) is 0 Å². The van der Waals surface area contributed by atoms with Crippen LogP contribution in [0.4, 0.5) is 5.88 Å². The van der Waals surface area contributed by atoms with Gasteiger partial charge in [-0.2, -0.15) is 0 Å². The van der Waals surface area contributed by atoms with Crippen molar-refractivity contribution in [1.29, 1.82) is 0 Å². The van der Waals surface area contributed by atoms with E-state index in [2.05, 4.69) is 10.6 Å². The predicted molar refractivity (Wildman–Crippen MR) is 69.2 cm³/mol. The fourth-order valence-electron chi connectivity index (χ4n) is 1.75. The first-order valence-electron chi connectivity index (χ1n) is 6.02. The Bertz CT molecular complexity index is 575. The second-order valence-corrected chi connectivity index (χ2v) is 4.38. The average molecular weight is 261 g/mol. The summed E-state index contributed by atoms with van der Waals surface area (Å²) in [7, 11) is 0. The largest absolute Gasteiger partial charge is 0.321 e. The summed E-state index contributed by atoms with van der Waals surface area (Å²) in [5.74, 6) is 0.0930. The highest BCUT2D eigenvalue weighted by Gasteiger charge is 2.24. The highest BCUT2D eigenvalue weighted by Crippen LogP contribution is 2.10. The van der Waals surface area contributed by atoms with Gasteiger partial charge in [-0.05, 0) is 11.6 Å². The number of hydrogen-bond acceptors (Lipinski definition) is 4. The molecule has 2 aromatic rings. The molecule has 6 heteroatoms. The van der Waals surface area contributed by atoms with Gasteiger partial charge in [0.1, 0.15) is 0 Å². The molecule has 100 valence electrons. The number of carbonyl (C=O) groups excluding carboxylic acids is 1. The third-order valence-electron chi connectivity index (χ3n) is 2.74. The average Bonchev–Trinajstić information content (AvgIpc) is 2.73. The molecule has 1 heterocycles. The van der Waals surface area contributed by atoms with Crippen LogP contribution in [0.5, 0.6) is 0 Å². The van der Waals surface area contributed by atoms with Crippen LogP contribution < -0.4 is 15.7 Å². The molecule has 19 heavy (non-hydrogen) atoms. The van der Waals surface area contributed by atoms with Crippen LogP contribution in [0.3, 0.4) is 0 Å². The van der Waals surface area contributed by atoms with Gasteiger partial charge in [0.15, 0.2) is 0 Å². The highest BCUT2D eigenvalue weighted by atomic mass is 16.5. The Hall–Kier alpha value is -2.21. The molecule has 0 fully saturated rings. The van der Waals surface area contributed by atoms with Gasteiger partial charge in [-0.1, -0.05) is 29.8 Å². The maximum atomic E-state index is 11.0. The van der Waals surface area contributed by atoms with E-state index in [-0.39, 0.29) is 12.5 Å². The fourth-order valence-corrected chi connectivity index (χ4v) is 1.75. The SMILES string of the molecule is CC(=O)Nc1on[n+](Cc2ccc(C)cc2)c1CN. The van der Waals surface area contributed by atoms with Crippen molar-refractivity contribution >= 4 is 11.8 Å². The molecule has 0 aliphatic rings. The maximum absolute atomic E-state index is 11.0. The Kier molecular flexibility index (Phi) is 3.91. The maximum Gasteiger partial charge on any atom is 0.306 e. The van der Waals surface area contributed by atoms with Crippen molar-refractivity contribution in [1.82, 2.24) is 5.27 Å². The summed E-state index contributed by atoms with van der Waals surface area (Å²) in [5.41, 5.74) is 8.63. The number of nitrogens with zero attached hydrogens (tertiary/aromatic N) is 2. The zero-order valence-electron chi connectivity index (χ0n) is 11.0. The van der Waals surface area contributed by atoms with Crippen molar-refractivity contribution in [2.24, 2.45) is 5.73 Å². The van der Waals surface area contributed by atoms with Crippen LogP contribution in [0.15, 0.2) is 28.8 Å². The molecule has 0 unspecified atom stereocenters.